The maximum absolute atomic E-state index is 13.7. The van der Waals surface area contributed by atoms with Crippen molar-refractivity contribution >= 4 is 43.5 Å². The highest BCUT2D eigenvalue weighted by Crippen LogP contribution is 2.42. The monoisotopic (exact) mass is 613 g/mol. The smallest absolute Gasteiger partial charge is 0.255 e. The van der Waals surface area contributed by atoms with Gasteiger partial charge in [-0.15, -0.1) is 10.2 Å². The number of benzene rings is 3. The Balaban J connectivity index is 1.65. The molecular formula is C32H28FN5O5S. The zero-order valence-electron chi connectivity index (χ0n) is 24.5. The van der Waals surface area contributed by atoms with Crippen LogP contribution in [0.5, 0.6) is 5.88 Å². The zero-order valence-corrected chi connectivity index (χ0v) is 25.4. The average Bonchev–Trinajstić information content (AvgIpc) is 3.56. The molecule has 0 unspecified atom stereocenters. The molecule has 3 aromatic heterocycles. The largest absolute Gasteiger partial charge is 0.479 e. The number of ether oxygens (including phenoxy) is 1. The van der Waals surface area contributed by atoms with Crippen molar-refractivity contribution in [1.29, 1.82) is 0 Å². The molecular weight excluding hydrogens is 585 g/mol. The van der Waals surface area contributed by atoms with Gasteiger partial charge in [0.15, 0.2) is 0 Å². The molecule has 224 valence electrons. The number of nitrogens with zero attached hydrogens (tertiary/aromatic N) is 4. The Morgan fingerprint density at radius 3 is 2.41 bits per heavy atom. The molecule has 0 saturated heterocycles. The molecule has 10 nitrogen and oxygen atoms in total. The molecule has 6 rings (SSSR count). The van der Waals surface area contributed by atoms with E-state index in [4.69, 9.17) is 9.15 Å². The molecule has 6 aromatic rings. The number of aromatic nitrogens is 3. The highest BCUT2D eigenvalue weighted by molar-refractivity contribution is 7.92. The molecule has 0 aliphatic rings. The van der Waals surface area contributed by atoms with Crippen molar-refractivity contribution < 1.29 is 26.8 Å². The molecule has 0 saturated carbocycles. The number of methoxy groups -OCH3 is 1. The van der Waals surface area contributed by atoms with Crippen molar-refractivity contribution in [2.45, 2.75) is 0 Å². The van der Waals surface area contributed by atoms with E-state index in [-0.39, 0.29) is 28.5 Å². The molecule has 0 atom stereocenters. The Labute approximate surface area is 252 Å². The normalized spacial score (nSPS) is 11.7. The minimum atomic E-state index is -3.74. The van der Waals surface area contributed by atoms with Gasteiger partial charge in [0, 0.05) is 54.6 Å². The number of fused-ring (bicyclic) bond motifs is 2. The summed E-state index contributed by atoms with van der Waals surface area (Å²) in [5.74, 6) is -0.380. The lowest BCUT2D eigenvalue weighted by Gasteiger charge is -2.20. The summed E-state index contributed by atoms with van der Waals surface area (Å²) in [7, 11) is 2.61. The molecule has 0 radical (unpaired) electrons. The van der Waals surface area contributed by atoms with Crippen molar-refractivity contribution in [2.75, 3.05) is 31.8 Å². The topological polar surface area (TPSA) is 120 Å². The Kier molecular flexibility index (Phi) is 7.08. The molecule has 44 heavy (non-hydrogen) atoms. The third-order valence-corrected chi connectivity index (χ3v) is 8.85. The standard InChI is InChI=1S/C32H28FN5O5S/c1-34-31(39)29-23-15-21(24-16-22(32(42-4)36-35-24)26-14-19-8-6-7-9-25(19)37(26)2)27(38(3)44(5,40)41)17-28(23)43-30(29)18-10-12-20(33)13-11-18/h6-17H,1-5H3,(H,34,39). The number of halogens is 1. The molecule has 0 bridgehead atoms. The van der Waals surface area contributed by atoms with Gasteiger partial charge in [-0.05, 0) is 48.5 Å². The third kappa shape index (κ3) is 4.82. The quantitative estimate of drug-likeness (QED) is 0.248. The van der Waals surface area contributed by atoms with E-state index in [1.54, 1.807) is 18.2 Å². The number of nitrogens with one attached hydrogen (secondary N) is 1. The van der Waals surface area contributed by atoms with Gasteiger partial charge in [-0.25, -0.2) is 12.8 Å². The van der Waals surface area contributed by atoms with Gasteiger partial charge < -0.3 is 19.0 Å². The third-order valence-electron chi connectivity index (χ3n) is 7.66. The van der Waals surface area contributed by atoms with Crippen LogP contribution in [0.1, 0.15) is 10.4 Å². The molecule has 0 spiro atoms. The molecule has 1 N–H and O–H groups in total. The predicted octanol–water partition coefficient (Wildman–Crippen LogP) is 5.62. The summed E-state index contributed by atoms with van der Waals surface area (Å²) < 4.78 is 54.2. The van der Waals surface area contributed by atoms with Crippen LogP contribution >= 0.6 is 0 Å². The van der Waals surface area contributed by atoms with Gasteiger partial charge in [-0.2, -0.15) is 0 Å². The van der Waals surface area contributed by atoms with Crippen LogP contribution in [0.4, 0.5) is 10.1 Å². The van der Waals surface area contributed by atoms with Crippen LogP contribution in [0, 0.1) is 5.82 Å². The Morgan fingerprint density at radius 1 is 1.02 bits per heavy atom. The number of anilines is 1. The number of aryl methyl sites for hydroxylation is 1. The van der Waals surface area contributed by atoms with E-state index in [0.717, 1.165) is 27.2 Å². The van der Waals surface area contributed by atoms with E-state index < -0.39 is 21.7 Å². The summed E-state index contributed by atoms with van der Waals surface area (Å²) in [5.41, 5.74) is 4.37. The maximum Gasteiger partial charge on any atom is 0.255 e. The summed E-state index contributed by atoms with van der Waals surface area (Å²) >= 11 is 0. The second-order valence-electron chi connectivity index (χ2n) is 10.3. The van der Waals surface area contributed by atoms with Crippen LogP contribution in [0.25, 0.3) is 55.7 Å². The number of sulfonamides is 1. The van der Waals surface area contributed by atoms with Gasteiger partial charge in [0.2, 0.25) is 15.9 Å². The predicted molar refractivity (Wildman–Crippen MR) is 168 cm³/mol. The average molecular weight is 614 g/mol. The van der Waals surface area contributed by atoms with Crippen LogP contribution in [0.15, 0.2) is 77.2 Å². The minimum Gasteiger partial charge on any atom is -0.479 e. The minimum absolute atomic E-state index is 0.208. The lowest BCUT2D eigenvalue weighted by atomic mass is 10.00. The fourth-order valence-electron chi connectivity index (χ4n) is 5.33. The summed E-state index contributed by atoms with van der Waals surface area (Å²) in [6.07, 6.45) is 1.09. The highest BCUT2D eigenvalue weighted by atomic mass is 32.2. The summed E-state index contributed by atoms with van der Waals surface area (Å²) in [6, 6.07) is 20.5. The van der Waals surface area contributed by atoms with Gasteiger partial charge >= 0.3 is 0 Å². The lowest BCUT2D eigenvalue weighted by Crippen LogP contribution is -2.25. The van der Waals surface area contributed by atoms with Crippen LogP contribution in [-0.2, 0) is 17.1 Å². The van der Waals surface area contributed by atoms with Crippen LogP contribution in [-0.4, -0.2) is 56.6 Å². The fourth-order valence-corrected chi connectivity index (χ4v) is 5.83. The number of rotatable bonds is 7. The Morgan fingerprint density at radius 2 is 1.75 bits per heavy atom. The van der Waals surface area contributed by atoms with E-state index in [9.17, 15) is 17.6 Å². The summed E-state index contributed by atoms with van der Waals surface area (Å²) in [5, 5.41) is 12.8. The number of carbonyl (C=O) groups excluding carboxylic acids is 1. The van der Waals surface area contributed by atoms with Gasteiger partial charge in [0.1, 0.15) is 17.2 Å². The van der Waals surface area contributed by atoms with Crippen molar-refractivity contribution in [3.8, 4) is 39.7 Å². The van der Waals surface area contributed by atoms with E-state index in [1.165, 1.54) is 45.5 Å². The first kappa shape index (κ1) is 28.9. The van der Waals surface area contributed by atoms with Crippen LogP contribution in [0.2, 0.25) is 0 Å². The second-order valence-corrected chi connectivity index (χ2v) is 12.3. The van der Waals surface area contributed by atoms with E-state index in [0.29, 0.717) is 27.8 Å². The Bertz CT molecular complexity index is 2190. The molecule has 1 amide bonds. The molecule has 0 aliphatic heterocycles. The lowest BCUT2D eigenvalue weighted by molar-refractivity contribution is 0.0964. The Hall–Kier alpha value is -5.23. The van der Waals surface area contributed by atoms with Crippen molar-refractivity contribution in [2.24, 2.45) is 7.05 Å². The van der Waals surface area contributed by atoms with Crippen LogP contribution < -0.4 is 14.4 Å². The van der Waals surface area contributed by atoms with Crippen LogP contribution in [0.3, 0.4) is 0 Å². The van der Waals surface area contributed by atoms with Gasteiger partial charge in [-0.3, -0.25) is 9.10 Å². The van der Waals surface area contributed by atoms with Gasteiger partial charge in [-0.1, -0.05) is 18.2 Å². The fraction of sp³-hybridized carbons (Fsp3) is 0.156. The number of hydrogen-bond acceptors (Lipinski definition) is 7. The van der Waals surface area contributed by atoms with E-state index in [2.05, 4.69) is 15.5 Å². The molecule has 12 heteroatoms. The van der Waals surface area contributed by atoms with Crippen molar-refractivity contribution in [3.05, 3.63) is 84.2 Å². The summed E-state index contributed by atoms with van der Waals surface area (Å²) in [4.78, 5) is 13.2. The second kappa shape index (κ2) is 10.8. The first-order valence-electron chi connectivity index (χ1n) is 13.5. The number of para-hydroxylation sites is 1. The van der Waals surface area contributed by atoms with E-state index in [1.807, 2.05) is 41.9 Å². The number of amides is 1. The van der Waals surface area contributed by atoms with E-state index >= 15 is 0 Å². The zero-order chi connectivity index (χ0) is 31.3. The molecule has 0 fully saturated rings. The van der Waals surface area contributed by atoms with Gasteiger partial charge in [0.25, 0.3) is 5.91 Å². The first-order valence-corrected chi connectivity index (χ1v) is 15.4. The number of furan rings is 1. The summed E-state index contributed by atoms with van der Waals surface area (Å²) in [6.45, 7) is 0. The highest BCUT2D eigenvalue weighted by Gasteiger charge is 2.27. The molecule has 0 aliphatic carbocycles. The number of hydrogen-bond donors (Lipinski definition) is 1. The molecule has 3 aromatic carbocycles. The number of carbonyl (C=O) groups is 1. The molecule has 3 heterocycles. The van der Waals surface area contributed by atoms with Crippen molar-refractivity contribution in [1.82, 2.24) is 20.1 Å². The first-order chi connectivity index (χ1) is 21.0. The maximum atomic E-state index is 13.7. The van der Waals surface area contributed by atoms with Gasteiger partial charge in [0.05, 0.1) is 41.6 Å². The SMILES string of the molecule is CNC(=O)c1c(-c2ccc(F)cc2)oc2cc(N(C)S(C)(=O)=O)c(-c3cc(-c4cc5ccccc5n4C)c(OC)nn3)cc12. The van der Waals surface area contributed by atoms with Crippen molar-refractivity contribution in [3.63, 3.8) is 0 Å².